The summed E-state index contributed by atoms with van der Waals surface area (Å²) < 4.78 is 5.95. The number of benzene rings is 11. The van der Waals surface area contributed by atoms with E-state index in [0.717, 1.165) is 39.0 Å². The molecule has 0 N–H and O–H groups in total. The maximum absolute atomic E-state index is 5.95. The summed E-state index contributed by atoms with van der Waals surface area (Å²) in [5.41, 5.74) is 11.4. The van der Waals surface area contributed by atoms with Crippen LogP contribution in [-0.4, -0.2) is 9.97 Å². The van der Waals surface area contributed by atoms with Gasteiger partial charge in [0.1, 0.15) is 0 Å². The molecule has 0 aliphatic carbocycles. The zero-order chi connectivity index (χ0) is 44.7. The Morgan fingerprint density at radius 2 is 0.765 bits per heavy atom. The predicted molar refractivity (Wildman–Crippen MR) is 285 cm³/mol. The maximum Gasteiger partial charge on any atom is 0.229 e. The third-order valence-corrected chi connectivity index (χ3v) is 13.9. The average molecular weight is 866 g/mol. The molecule has 0 atom stereocenters. The van der Waals surface area contributed by atoms with Gasteiger partial charge in [-0.15, -0.1) is 0 Å². The van der Waals surface area contributed by atoms with Crippen LogP contribution in [0.2, 0.25) is 0 Å². The van der Waals surface area contributed by atoms with Crippen molar-refractivity contribution in [3.8, 4) is 33.4 Å². The van der Waals surface area contributed by atoms with Gasteiger partial charge in [-0.2, -0.15) is 0 Å². The fourth-order valence-electron chi connectivity index (χ4n) is 10.6. The van der Waals surface area contributed by atoms with Gasteiger partial charge in [-0.1, -0.05) is 158 Å². The van der Waals surface area contributed by atoms with Gasteiger partial charge in [0.2, 0.25) is 11.4 Å². The van der Waals surface area contributed by atoms with Gasteiger partial charge in [0, 0.05) is 40.4 Å². The van der Waals surface area contributed by atoms with Gasteiger partial charge in [0.05, 0.1) is 5.39 Å². The summed E-state index contributed by atoms with van der Waals surface area (Å²) in [6.45, 7) is 0. The monoisotopic (exact) mass is 865 g/mol. The summed E-state index contributed by atoms with van der Waals surface area (Å²) in [5, 5.41) is 16.8. The molecule has 316 valence electrons. The Kier molecular flexibility index (Phi) is 8.55. The van der Waals surface area contributed by atoms with Crippen LogP contribution in [0.4, 0.5) is 17.1 Å². The minimum atomic E-state index is 0.591. The molecule has 14 aromatic rings. The number of rotatable bonds is 6. The lowest BCUT2D eigenvalue weighted by Crippen LogP contribution is -2.10. The first-order valence-electron chi connectivity index (χ1n) is 23.1. The fraction of sp³-hybridized carbons (Fsp3) is 0. The molecule has 0 radical (unpaired) electrons. The second-order valence-corrected chi connectivity index (χ2v) is 17.8. The van der Waals surface area contributed by atoms with Crippen LogP contribution in [0, 0.1) is 0 Å². The number of furan rings is 1. The third-order valence-electron chi connectivity index (χ3n) is 13.9. The predicted octanol–water partition coefficient (Wildman–Crippen LogP) is 17.8. The fourth-order valence-corrected chi connectivity index (χ4v) is 10.6. The van der Waals surface area contributed by atoms with Crippen LogP contribution in [0.1, 0.15) is 0 Å². The molecule has 11 aromatic carbocycles. The van der Waals surface area contributed by atoms with Crippen LogP contribution in [0.3, 0.4) is 0 Å². The zero-order valence-electron chi connectivity index (χ0n) is 36.8. The summed E-state index contributed by atoms with van der Waals surface area (Å²) in [4.78, 5) is 11.5. The number of nitrogens with zero attached hydrogens (tertiary/aromatic N) is 3. The molecule has 4 heteroatoms. The number of hydrogen-bond acceptors (Lipinski definition) is 4. The number of aromatic nitrogens is 2. The minimum absolute atomic E-state index is 0.591. The Bertz CT molecular complexity index is 4140. The molecule has 0 saturated carbocycles. The van der Waals surface area contributed by atoms with E-state index in [1.165, 1.54) is 86.9 Å². The molecule has 3 aromatic heterocycles. The number of anilines is 3. The highest BCUT2D eigenvalue weighted by atomic mass is 16.3. The van der Waals surface area contributed by atoms with E-state index in [-0.39, 0.29) is 0 Å². The van der Waals surface area contributed by atoms with Crippen molar-refractivity contribution in [1.82, 2.24) is 9.97 Å². The summed E-state index contributed by atoms with van der Waals surface area (Å²) in [6, 6.07) is 82.0. The van der Waals surface area contributed by atoms with Gasteiger partial charge in [0.25, 0.3) is 0 Å². The highest BCUT2D eigenvalue weighted by Crippen LogP contribution is 2.42. The van der Waals surface area contributed by atoms with E-state index in [1.54, 1.807) is 6.20 Å². The molecule has 0 spiro atoms. The summed E-state index contributed by atoms with van der Waals surface area (Å²) in [5.74, 6) is 0. The SMILES string of the molecule is c1ccc2c(c1)ccc1cccc(-c3ccc4cc(N(c5ccc(-c6cnc7oc8ncccc8c7c6)cc5)c5ccc6cc(-c7cccc8ccc9ccccc9c78)ccc6c5)ccc4c3)c12. The van der Waals surface area contributed by atoms with Crippen LogP contribution in [-0.2, 0) is 0 Å². The van der Waals surface area contributed by atoms with Crippen molar-refractivity contribution in [2.75, 3.05) is 4.90 Å². The van der Waals surface area contributed by atoms with Crippen molar-refractivity contribution in [3.05, 3.63) is 237 Å². The maximum atomic E-state index is 5.95. The van der Waals surface area contributed by atoms with E-state index in [4.69, 9.17) is 9.40 Å². The highest BCUT2D eigenvalue weighted by molar-refractivity contribution is 6.16. The standard InChI is InChI=1S/C64H39N3O/c1-3-12-55-41(8-1)17-19-43-10-5-14-57(61(43)55)49-23-21-47-36-53(31-27-45(47)34-49)67(52-29-25-40(26-30-52)51-38-60-59-16-7-33-65-63(59)68-64(60)66-39-51)54-32-28-46-35-50(24-22-48(46)37-54)58-15-6-11-44-20-18-42-9-2-4-13-56(42)62(44)58/h1-39H. The zero-order valence-corrected chi connectivity index (χ0v) is 36.8. The largest absolute Gasteiger partial charge is 0.419 e. The van der Waals surface area contributed by atoms with Crippen LogP contribution in [0.15, 0.2) is 241 Å². The first kappa shape index (κ1) is 38.2. The van der Waals surface area contributed by atoms with Gasteiger partial charge < -0.3 is 9.32 Å². The number of hydrogen-bond donors (Lipinski definition) is 0. The first-order chi connectivity index (χ1) is 33.7. The van der Waals surface area contributed by atoms with E-state index < -0.39 is 0 Å². The van der Waals surface area contributed by atoms with Crippen molar-refractivity contribution in [2.24, 2.45) is 0 Å². The summed E-state index contributed by atoms with van der Waals surface area (Å²) in [7, 11) is 0. The Morgan fingerprint density at radius 3 is 1.38 bits per heavy atom. The molecule has 0 bridgehead atoms. The van der Waals surface area contributed by atoms with Crippen LogP contribution in [0.5, 0.6) is 0 Å². The second kappa shape index (κ2) is 15.2. The summed E-state index contributed by atoms with van der Waals surface area (Å²) in [6.07, 6.45) is 3.63. The molecular formula is C64H39N3O. The molecule has 14 rings (SSSR count). The van der Waals surface area contributed by atoms with Gasteiger partial charge >= 0.3 is 0 Å². The van der Waals surface area contributed by atoms with Crippen molar-refractivity contribution in [2.45, 2.75) is 0 Å². The van der Waals surface area contributed by atoms with Crippen LogP contribution < -0.4 is 4.90 Å². The normalized spacial score (nSPS) is 11.8. The van der Waals surface area contributed by atoms with E-state index in [1.807, 2.05) is 18.3 Å². The topological polar surface area (TPSA) is 42.2 Å². The van der Waals surface area contributed by atoms with Crippen molar-refractivity contribution < 1.29 is 4.42 Å². The van der Waals surface area contributed by atoms with Crippen molar-refractivity contribution >= 4 is 104 Å². The van der Waals surface area contributed by atoms with Crippen molar-refractivity contribution in [3.63, 3.8) is 0 Å². The van der Waals surface area contributed by atoms with Gasteiger partial charge in [-0.3, -0.25) is 0 Å². The molecule has 0 aliphatic rings. The molecule has 4 nitrogen and oxygen atoms in total. The Balaban J connectivity index is 0.880. The molecule has 0 saturated heterocycles. The quantitative estimate of drug-likeness (QED) is 0.156. The Hall–Kier alpha value is -9.12. The molecule has 3 heterocycles. The van der Waals surface area contributed by atoms with Gasteiger partial charge in [-0.05, 0) is 159 Å². The first-order valence-corrected chi connectivity index (χ1v) is 23.1. The second-order valence-electron chi connectivity index (χ2n) is 17.8. The molecule has 0 aliphatic heterocycles. The smallest absolute Gasteiger partial charge is 0.229 e. The van der Waals surface area contributed by atoms with Gasteiger partial charge in [0.15, 0.2) is 0 Å². The lowest BCUT2D eigenvalue weighted by molar-refractivity contribution is 0.640. The molecule has 0 fully saturated rings. The average Bonchev–Trinajstić information content (AvgIpc) is 3.78. The van der Waals surface area contributed by atoms with Crippen LogP contribution in [0.25, 0.3) is 120 Å². The van der Waals surface area contributed by atoms with Crippen LogP contribution >= 0.6 is 0 Å². The van der Waals surface area contributed by atoms with Gasteiger partial charge in [-0.25, -0.2) is 9.97 Å². The van der Waals surface area contributed by atoms with E-state index in [9.17, 15) is 0 Å². The van der Waals surface area contributed by atoms with E-state index in [0.29, 0.717) is 11.4 Å². The minimum Gasteiger partial charge on any atom is -0.419 e. The Morgan fingerprint density at radius 1 is 0.294 bits per heavy atom. The summed E-state index contributed by atoms with van der Waals surface area (Å²) >= 11 is 0. The molecule has 0 amide bonds. The molecular weight excluding hydrogens is 827 g/mol. The third kappa shape index (κ3) is 6.23. The highest BCUT2D eigenvalue weighted by Gasteiger charge is 2.17. The lowest BCUT2D eigenvalue weighted by Gasteiger charge is -2.26. The number of pyridine rings is 2. The van der Waals surface area contributed by atoms with E-state index >= 15 is 0 Å². The van der Waals surface area contributed by atoms with Crippen molar-refractivity contribution in [1.29, 1.82) is 0 Å². The lowest BCUT2D eigenvalue weighted by atomic mass is 9.92. The Labute approximate surface area is 391 Å². The molecule has 0 unspecified atom stereocenters. The van der Waals surface area contributed by atoms with E-state index in [2.05, 4.69) is 222 Å². The molecule has 68 heavy (non-hydrogen) atoms. The number of fused-ring (bicyclic) bond motifs is 11.